The highest BCUT2D eigenvalue weighted by Crippen LogP contribution is 2.38. The van der Waals surface area contributed by atoms with Crippen LogP contribution in [0.2, 0.25) is 5.02 Å². The summed E-state index contributed by atoms with van der Waals surface area (Å²) >= 11 is 6.76. The van der Waals surface area contributed by atoms with Crippen LogP contribution in [-0.4, -0.2) is 29.0 Å². The molecule has 226 valence electrons. The predicted molar refractivity (Wildman–Crippen MR) is 174 cm³/mol. The molecule has 6 rings (SSSR count). The van der Waals surface area contributed by atoms with Gasteiger partial charge in [-0.3, -0.25) is 4.79 Å². The Hall–Kier alpha value is -5.25. The van der Waals surface area contributed by atoms with Gasteiger partial charge in [-0.1, -0.05) is 66.2 Å². The molecule has 0 atom stereocenters. The second kappa shape index (κ2) is 13.6. The second-order valence-electron chi connectivity index (χ2n) is 10.3. The van der Waals surface area contributed by atoms with Gasteiger partial charge in [-0.2, -0.15) is 0 Å². The van der Waals surface area contributed by atoms with E-state index in [0.717, 1.165) is 38.5 Å². The maximum atomic E-state index is 11.7. The van der Waals surface area contributed by atoms with Gasteiger partial charge >= 0.3 is 5.63 Å². The first-order valence-electron chi connectivity index (χ1n) is 14.3. The maximum Gasteiger partial charge on any atom is 0.336 e. The van der Waals surface area contributed by atoms with Gasteiger partial charge in [0, 0.05) is 55.2 Å². The lowest BCUT2D eigenvalue weighted by Gasteiger charge is -2.17. The molecule has 0 aliphatic rings. The number of carbonyl (C=O) groups excluding carboxylic acids is 1. The van der Waals surface area contributed by atoms with Crippen LogP contribution >= 0.6 is 11.6 Å². The molecular formula is C35H29ClN4O5. The van der Waals surface area contributed by atoms with Crippen molar-refractivity contribution in [3.05, 3.63) is 124 Å². The molecule has 4 aromatic carbocycles. The van der Waals surface area contributed by atoms with E-state index in [-0.39, 0.29) is 12.5 Å². The van der Waals surface area contributed by atoms with Gasteiger partial charge in [-0.25, -0.2) is 14.8 Å². The number of rotatable bonds is 11. The molecule has 0 saturated carbocycles. The lowest BCUT2D eigenvalue weighted by Crippen LogP contribution is -2.30. The largest absolute Gasteiger partial charge is 0.488 e. The van der Waals surface area contributed by atoms with Crippen molar-refractivity contribution in [2.45, 2.75) is 20.1 Å². The van der Waals surface area contributed by atoms with E-state index in [2.05, 4.69) is 20.6 Å². The van der Waals surface area contributed by atoms with E-state index in [4.69, 9.17) is 25.5 Å². The normalized spacial score (nSPS) is 11.1. The third-order valence-corrected chi connectivity index (χ3v) is 7.40. The molecule has 0 saturated heterocycles. The summed E-state index contributed by atoms with van der Waals surface area (Å²) in [7, 11) is 0. The Labute approximate surface area is 263 Å². The number of halogens is 1. The molecule has 0 radical (unpaired) electrons. The van der Waals surface area contributed by atoms with E-state index >= 15 is 0 Å². The summed E-state index contributed by atoms with van der Waals surface area (Å²) in [5.41, 5.74) is 4.42. The molecule has 9 nitrogen and oxygen atoms in total. The molecule has 0 spiro atoms. The Bertz CT molecular complexity index is 2050. The minimum atomic E-state index is -0.416. The van der Waals surface area contributed by atoms with Gasteiger partial charge in [0.1, 0.15) is 24.3 Å². The van der Waals surface area contributed by atoms with Crippen molar-refractivity contribution < 1.29 is 18.7 Å². The first-order valence-corrected chi connectivity index (χ1v) is 14.7. The quantitative estimate of drug-likeness (QED) is 0.122. The lowest BCUT2D eigenvalue weighted by atomic mass is 10.0. The summed E-state index contributed by atoms with van der Waals surface area (Å²) in [6.07, 6.45) is 1.47. The molecule has 0 aliphatic carbocycles. The smallest absolute Gasteiger partial charge is 0.336 e. The number of hydrogen-bond acceptors (Lipinski definition) is 8. The second-order valence-corrected chi connectivity index (χ2v) is 10.7. The number of hydrogen-bond donors (Lipinski definition) is 2. The zero-order valence-electron chi connectivity index (χ0n) is 24.4. The summed E-state index contributed by atoms with van der Waals surface area (Å²) in [4.78, 5) is 31.9. The standard InChI is InChI=1S/C35H29ClN4O5/c1-22(41)38-15-14-37-19-26-17-29(36)32(18-30(26)43-20-23-10-11-25-12-13-33(42)44-31(25)16-23)45-35-28-9-5-8-27(34(28)39-21-40-35)24-6-3-2-4-7-24/h2-13,16-18,21,37H,14-15,19-20H2,1H3,(H,38,41). The highest BCUT2D eigenvalue weighted by atomic mass is 35.5. The third kappa shape index (κ3) is 7.12. The van der Waals surface area contributed by atoms with Crippen LogP contribution < -0.4 is 25.7 Å². The van der Waals surface area contributed by atoms with E-state index in [1.54, 1.807) is 24.3 Å². The van der Waals surface area contributed by atoms with Crippen LogP contribution in [0.5, 0.6) is 17.4 Å². The zero-order valence-corrected chi connectivity index (χ0v) is 25.1. The van der Waals surface area contributed by atoms with Gasteiger partial charge in [-0.05, 0) is 35.4 Å². The Balaban J connectivity index is 1.30. The molecule has 0 aliphatic heterocycles. The van der Waals surface area contributed by atoms with Crippen LogP contribution in [0.4, 0.5) is 0 Å². The molecule has 1 amide bonds. The zero-order chi connectivity index (χ0) is 31.2. The van der Waals surface area contributed by atoms with E-state index < -0.39 is 5.63 Å². The molecule has 0 fully saturated rings. The van der Waals surface area contributed by atoms with Gasteiger partial charge in [0.15, 0.2) is 5.75 Å². The fourth-order valence-electron chi connectivity index (χ4n) is 4.93. The molecule has 6 aromatic rings. The van der Waals surface area contributed by atoms with Crippen molar-refractivity contribution in [3.63, 3.8) is 0 Å². The predicted octanol–water partition coefficient (Wildman–Crippen LogP) is 6.65. The number of aromatic nitrogens is 2. The number of fused-ring (bicyclic) bond motifs is 2. The fourth-order valence-corrected chi connectivity index (χ4v) is 5.16. The number of nitrogens with zero attached hydrogens (tertiary/aromatic N) is 2. The maximum absolute atomic E-state index is 11.7. The molecule has 10 heteroatoms. The Morgan fingerprint density at radius 1 is 0.911 bits per heavy atom. The van der Waals surface area contributed by atoms with Crippen molar-refractivity contribution in [1.29, 1.82) is 0 Å². The van der Waals surface area contributed by atoms with Gasteiger partial charge in [0.05, 0.1) is 15.9 Å². The lowest BCUT2D eigenvalue weighted by molar-refractivity contribution is -0.118. The van der Waals surface area contributed by atoms with Crippen LogP contribution in [0.25, 0.3) is 33.0 Å². The monoisotopic (exact) mass is 620 g/mol. The number of para-hydroxylation sites is 1. The molecule has 0 bridgehead atoms. The van der Waals surface area contributed by atoms with E-state index in [1.165, 1.54) is 19.3 Å². The molecule has 0 unspecified atom stereocenters. The minimum Gasteiger partial charge on any atom is -0.488 e. The Morgan fingerprint density at radius 2 is 1.76 bits per heavy atom. The number of ether oxygens (including phenoxy) is 2. The van der Waals surface area contributed by atoms with Gasteiger partial charge in [0.2, 0.25) is 11.8 Å². The number of carbonyl (C=O) groups is 1. The number of benzene rings is 4. The van der Waals surface area contributed by atoms with Crippen LogP contribution in [-0.2, 0) is 17.9 Å². The first kappa shape index (κ1) is 29.8. The van der Waals surface area contributed by atoms with E-state index in [0.29, 0.717) is 47.6 Å². The molecule has 2 aromatic heterocycles. The van der Waals surface area contributed by atoms with Gasteiger partial charge in [0.25, 0.3) is 0 Å². The first-order chi connectivity index (χ1) is 21.9. The van der Waals surface area contributed by atoms with Crippen LogP contribution in [0.1, 0.15) is 18.1 Å². The van der Waals surface area contributed by atoms with Crippen LogP contribution in [0.15, 0.2) is 107 Å². The minimum absolute atomic E-state index is 0.0928. The van der Waals surface area contributed by atoms with Gasteiger partial charge < -0.3 is 24.5 Å². The topological polar surface area (TPSA) is 116 Å². The van der Waals surface area contributed by atoms with E-state index in [1.807, 2.05) is 60.7 Å². The molecule has 2 heterocycles. The molecular weight excluding hydrogens is 592 g/mol. The highest BCUT2D eigenvalue weighted by Gasteiger charge is 2.16. The van der Waals surface area contributed by atoms with Crippen molar-refractivity contribution in [1.82, 2.24) is 20.6 Å². The number of nitrogens with one attached hydrogen (secondary N) is 2. The average Bonchev–Trinajstić information content (AvgIpc) is 3.05. The summed E-state index contributed by atoms with van der Waals surface area (Å²) in [5.74, 6) is 1.17. The van der Waals surface area contributed by atoms with Crippen molar-refractivity contribution in [2.75, 3.05) is 13.1 Å². The molecule has 45 heavy (non-hydrogen) atoms. The number of amides is 1. The average molecular weight is 621 g/mol. The Morgan fingerprint density at radius 3 is 2.60 bits per heavy atom. The van der Waals surface area contributed by atoms with Crippen LogP contribution in [0, 0.1) is 0 Å². The summed E-state index contributed by atoms with van der Waals surface area (Å²) in [5, 5.41) is 8.00. The summed E-state index contributed by atoms with van der Waals surface area (Å²) in [6, 6.07) is 28.1. The summed E-state index contributed by atoms with van der Waals surface area (Å²) in [6.45, 7) is 3.14. The fraction of sp³-hybridized carbons (Fsp3) is 0.143. The Kier molecular flexibility index (Phi) is 9.00. The SMILES string of the molecule is CC(=O)NCCNCc1cc(Cl)c(Oc2ncnc3c(-c4ccccc4)cccc23)cc1OCc1ccc2ccc(=O)oc2c1. The van der Waals surface area contributed by atoms with Crippen molar-refractivity contribution >= 4 is 39.4 Å². The van der Waals surface area contributed by atoms with Crippen molar-refractivity contribution in [3.8, 4) is 28.5 Å². The van der Waals surface area contributed by atoms with Crippen LogP contribution in [0.3, 0.4) is 0 Å². The third-order valence-electron chi connectivity index (χ3n) is 7.11. The summed E-state index contributed by atoms with van der Waals surface area (Å²) < 4.78 is 18.0. The van der Waals surface area contributed by atoms with Crippen molar-refractivity contribution in [2.24, 2.45) is 0 Å². The molecule has 2 N–H and O–H groups in total. The highest BCUT2D eigenvalue weighted by molar-refractivity contribution is 6.32. The van der Waals surface area contributed by atoms with Gasteiger partial charge in [-0.15, -0.1) is 0 Å². The van der Waals surface area contributed by atoms with E-state index in [9.17, 15) is 9.59 Å².